The van der Waals surface area contributed by atoms with Gasteiger partial charge in [-0.15, -0.1) is 22.7 Å². The molecule has 3 rings (SSSR count). The summed E-state index contributed by atoms with van der Waals surface area (Å²) in [6.45, 7) is 0.0321. The third-order valence-corrected chi connectivity index (χ3v) is 5.41. The highest BCUT2D eigenvalue weighted by Crippen LogP contribution is 2.36. The van der Waals surface area contributed by atoms with Gasteiger partial charge in [-0.2, -0.15) is 0 Å². The summed E-state index contributed by atoms with van der Waals surface area (Å²) in [6.07, 6.45) is 1.76. The average Bonchev–Trinajstić information content (AvgIpc) is 3.15. The maximum atomic E-state index is 12.9. The van der Waals surface area contributed by atoms with Gasteiger partial charge >= 0.3 is 0 Å². The number of rotatable bonds is 5. The van der Waals surface area contributed by atoms with Gasteiger partial charge in [-0.3, -0.25) is 4.18 Å². The summed E-state index contributed by atoms with van der Waals surface area (Å²) in [5, 5.41) is 0.807. The first-order valence-electron chi connectivity index (χ1n) is 6.15. The molecule has 3 aromatic rings. The molecule has 0 saturated heterocycles. The van der Waals surface area contributed by atoms with Gasteiger partial charge < -0.3 is 4.55 Å². The maximum absolute atomic E-state index is 12.9. The molecule has 114 valence electrons. The van der Waals surface area contributed by atoms with E-state index in [0.29, 0.717) is 0 Å². The summed E-state index contributed by atoms with van der Waals surface area (Å²) >= 11 is 0.440. The van der Waals surface area contributed by atoms with Crippen LogP contribution in [0.1, 0.15) is 4.88 Å². The quantitative estimate of drug-likeness (QED) is 0.650. The maximum Gasteiger partial charge on any atom is 0.123 e. The Morgan fingerprint density at radius 1 is 1.14 bits per heavy atom. The predicted octanol–water partition coefficient (Wildman–Crippen LogP) is 3.99. The van der Waals surface area contributed by atoms with Crippen molar-refractivity contribution in [2.45, 2.75) is 6.61 Å². The normalized spacial score (nSPS) is 12.5. The van der Waals surface area contributed by atoms with Gasteiger partial charge in [0.15, 0.2) is 0 Å². The van der Waals surface area contributed by atoms with Crippen LogP contribution in [0.5, 0.6) is 0 Å². The average molecular weight is 354 g/mol. The monoisotopic (exact) mass is 354 g/mol. The van der Waals surface area contributed by atoms with Gasteiger partial charge in [-0.25, -0.2) is 13.6 Å². The zero-order valence-electron chi connectivity index (χ0n) is 11.0. The lowest BCUT2D eigenvalue weighted by Crippen LogP contribution is -1.93. The third kappa shape index (κ3) is 3.65. The molecule has 1 unspecified atom stereocenters. The third-order valence-electron chi connectivity index (χ3n) is 2.80. The molecule has 1 aromatic carbocycles. The highest BCUT2D eigenvalue weighted by atomic mass is 32.2. The van der Waals surface area contributed by atoms with Crippen molar-refractivity contribution in [1.82, 2.24) is 4.98 Å². The number of halogens is 1. The zero-order valence-corrected chi connectivity index (χ0v) is 13.5. The molecule has 0 radical (unpaired) electrons. The molecule has 0 aliphatic rings. The van der Waals surface area contributed by atoms with E-state index in [2.05, 4.69) is 9.17 Å². The SMILES string of the molecule is O=S([O-])OCc1ccc(-c2cnc(-c3ccc(F)cc3)s2)s1. The molecule has 1 atom stereocenters. The fraction of sp³-hybridized carbons (Fsp3) is 0.0714. The van der Waals surface area contributed by atoms with Gasteiger partial charge in [0.05, 0.1) is 22.8 Å². The summed E-state index contributed by atoms with van der Waals surface area (Å²) in [4.78, 5) is 7.12. The Morgan fingerprint density at radius 3 is 2.64 bits per heavy atom. The number of nitrogens with zero attached hydrogens (tertiary/aromatic N) is 1. The lowest BCUT2D eigenvalue weighted by Gasteiger charge is -2.02. The van der Waals surface area contributed by atoms with Crippen molar-refractivity contribution in [3.8, 4) is 20.3 Å². The standard InChI is InChI=1S/C14H10FNO3S3/c15-10-3-1-9(2-4-10)14-16-7-13(21-14)12-6-5-11(20-12)8-19-22(17)18/h1-7H,8H2,(H,17,18)/p-1. The van der Waals surface area contributed by atoms with Crippen molar-refractivity contribution in [2.24, 2.45) is 0 Å². The van der Waals surface area contributed by atoms with E-state index in [0.717, 1.165) is 25.2 Å². The number of hydrogen-bond donors (Lipinski definition) is 0. The van der Waals surface area contributed by atoms with Crippen molar-refractivity contribution >= 4 is 34.0 Å². The van der Waals surface area contributed by atoms with Crippen LogP contribution in [-0.4, -0.2) is 13.7 Å². The van der Waals surface area contributed by atoms with Gasteiger partial charge in [0, 0.05) is 21.5 Å². The van der Waals surface area contributed by atoms with Gasteiger partial charge in [-0.05, 0) is 36.4 Å². The van der Waals surface area contributed by atoms with E-state index < -0.39 is 11.4 Å². The molecule has 0 amide bonds. The molecule has 0 aliphatic carbocycles. The van der Waals surface area contributed by atoms with Crippen LogP contribution in [0.15, 0.2) is 42.6 Å². The summed E-state index contributed by atoms with van der Waals surface area (Å²) < 4.78 is 38.2. The highest BCUT2D eigenvalue weighted by Gasteiger charge is 2.09. The first-order valence-corrected chi connectivity index (χ1v) is 8.78. The van der Waals surface area contributed by atoms with Crippen molar-refractivity contribution in [3.05, 3.63) is 53.3 Å². The van der Waals surface area contributed by atoms with Crippen molar-refractivity contribution in [1.29, 1.82) is 0 Å². The molecule has 0 fully saturated rings. The van der Waals surface area contributed by atoms with Gasteiger partial charge in [-0.1, -0.05) is 0 Å². The van der Waals surface area contributed by atoms with Gasteiger partial charge in [0.25, 0.3) is 0 Å². The molecular formula is C14H9FNO3S3-. The second kappa shape index (κ2) is 6.76. The molecule has 22 heavy (non-hydrogen) atoms. The van der Waals surface area contributed by atoms with Gasteiger partial charge in [0.1, 0.15) is 10.8 Å². The molecule has 0 saturated carbocycles. The molecule has 4 nitrogen and oxygen atoms in total. The van der Waals surface area contributed by atoms with Crippen LogP contribution in [0.4, 0.5) is 4.39 Å². The Bertz CT molecular complexity index is 798. The summed E-state index contributed by atoms with van der Waals surface area (Å²) in [5.41, 5.74) is 0.861. The molecule has 2 aromatic heterocycles. The van der Waals surface area contributed by atoms with E-state index in [-0.39, 0.29) is 12.4 Å². The second-order valence-corrected chi connectivity index (χ2v) is 7.11. The lowest BCUT2D eigenvalue weighted by atomic mass is 10.2. The molecule has 2 heterocycles. The van der Waals surface area contributed by atoms with Crippen LogP contribution in [0, 0.1) is 5.82 Å². The Labute approximate surface area is 136 Å². The Kier molecular flexibility index (Phi) is 4.74. The largest absolute Gasteiger partial charge is 0.750 e. The van der Waals surface area contributed by atoms with E-state index in [1.54, 1.807) is 18.3 Å². The molecule has 0 aliphatic heterocycles. The van der Waals surface area contributed by atoms with Crippen LogP contribution in [0.3, 0.4) is 0 Å². The van der Waals surface area contributed by atoms with Crippen LogP contribution in [0.25, 0.3) is 20.3 Å². The summed E-state index contributed by atoms with van der Waals surface area (Å²) in [5.74, 6) is -0.279. The van der Waals surface area contributed by atoms with Gasteiger partial charge in [0.2, 0.25) is 0 Å². The fourth-order valence-corrected chi connectivity index (χ4v) is 4.02. The minimum Gasteiger partial charge on any atom is -0.750 e. The Hall–Kier alpha value is -1.45. The minimum atomic E-state index is -2.51. The predicted molar refractivity (Wildman–Crippen MR) is 84.5 cm³/mol. The topological polar surface area (TPSA) is 62.2 Å². The molecular weight excluding hydrogens is 345 g/mol. The Balaban J connectivity index is 1.79. The van der Waals surface area contributed by atoms with Crippen LogP contribution < -0.4 is 0 Å². The number of hydrogen-bond acceptors (Lipinski definition) is 6. The van der Waals surface area contributed by atoms with Crippen LogP contribution in [-0.2, 0) is 22.2 Å². The minimum absolute atomic E-state index is 0.0321. The number of benzene rings is 1. The first-order chi connectivity index (χ1) is 10.6. The van der Waals surface area contributed by atoms with E-state index in [4.69, 9.17) is 0 Å². The van der Waals surface area contributed by atoms with E-state index in [1.807, 2.05) is 12.1 Å². The van der Waals surface area contributed by atoms with Crippen molar-refractivity contribution in [2.75, 3.05) is 0 Å². The number of thiophene rings is 1. The second-order valence-electron chi connectivity index (χ2n) is 4.27. The smallest absolute Gasteiger partial charge is 0.123 e. The first kappa shape index (κ1) is 15.4. The molecule has 0 spiro atoms. The van der Waals surface area contributed by atoms with E-state index in [9.17, 15) is 13.2 Å². The molecule has 0 bridgehead atoms. The zero-order chi connectivity index (χ0) is 15.5. The Morgan fingerprint density at radius 2 is 1.91 bits per heavy atom. The summed E-state index contributed by atoms with van der Waals surface area (Å²) in [7, 11) is 0. The highest BCUT2D eigenvalue weighted by molar-refractivity contribution is 7.74. The number of thiazole rings is 1. The van der Waals surface area contributed by atoms with E-state index >= 15 is 0 Å². The lowest BCUT2D eigenvalue weighted by molar-refractivity contribution is 0.294. The van der Waals surface area contributed by atoms with Crippen LogP contribution in [0.2, 0.25) is 0 Å². The van der Waals surface area contributed by atoms with Crippen molar-refractivity contribution in [3.63, 3.8) is 0 Å². The number of aromatic nitrogens is 1. The molecule has 0 N–H and O–H groups in total. The van der Waals surface area contributed by atoms with E-state index in [1.165, 1.54) is 34.8 Å². The fourth-order valence-electron chi connectivity index (χ4n) is 1.81. The molecule has 8 heteroatoms. The van der Waals surface area contributed by atoms with Crippen molar-refractivity contribution < 1.29 is 17.3 Å². The van der Waals surface area contributed by atoms with Crippen LogP contribution >= 0.6 is 22.7 Å². The summed E-state index contributed by atoms with van der Waals surface area (Å²) in [6, 6.07) is 9.91.